The first kappa shape index (κ1) is 30.7. The predicted octanol–water partition coefficient (Wildman–Crippen LogP) is 6.90. The highest BCUT2D eigenvalue weighted by molar-refractivity contribution is 5.73. The summed E-state index contributed by atoms with van der Waals surface area (Å²) in [6.07, 6.45) is 8.20. The number of nitrogens with zero attached hydrogens (tertiary/aromatic N) is 1. The van der Waals surface area contributed by atoms with E-state index in [1.54, 1.807) is 24.3 Å². The zero-order valence-electron chi connectivity index (χ0n) is 23.3. The van der Waals surface area contributed by atoms with Gasteiger partial charge in [0, 0.05) is 25.1 Å². The Kier molecular flexibility index (Phi) is 11.0. The molecule has 0 spiro atoms. The lowest BCUT2D eigenvalue weighted by Gasteiger charge is -2.25. The molecule has 2 N–H and O–H groups in total. The number of carboxylic acid groups (broad SMARTS) is 2. The van der Waals surface area contributed by atoms with E-state index >= 15 is 0 Å². The van der Waals surface area contributed by atoms with Gasteiger partial charge >= 0.3 is 11.9 Å². The molecule has 1 unspecified atom stereocenters. The van der Waals surface area contributed by atoms with E-state index in [0.717, 1.165) is 48.0 Å². The van der Waals surface area contributed by atoms with Gasteiger partial charge in [-0.2, -0.15) is 0 Å². The second kappa shape index (κ2) is 15.1. The van der Waals surface area contributed by atoms with Crippen LogP contribution in [-0.4, -0.2) is 46.7 Å². The molecule has 0 saturated carbocycles. The summed E-state index contributed by atoms with van der Waals surface area (Å²) < 4.78 is 34.0. The number of para-hydroxylation sites is 1. The zero-order valence-corrected chi connectivity index (χ0v) is 23.3. The summed E-state index contributed by atoms with van der Waals surface area (Å²) in [5.41, 5.74) is 3.77. The number of carbonyl (C=O) groups is 2. The number of rotatable bonds is 15. The zero-order chi connectivity index (χ0) is 29.9. The summed E-state index contributed by atoms with van der Waals surface area (Å²) in [6.45, 7) is 2.40. The smallest absolute Gasteiger partial charge is 0.310 e. The van der Waals surface area contributed by atoms with Crippen LogP contribution in [0.25, 0.3) is 11.1 Å². The highest BCUT2D eigenvalue weighted by atomic mass is 19.2. The minimum Gasteiger partial charge on any atom is -0.489 e. The Bertz CT molecular complexity index is 1430. The van der Waals surface area contributed by atoms with Gasteiger partial charge in [-0.15, -0.1) is 0 Å². The van der Waals surface area contributed by atoms with Crippen LogP contribution < -0.4 is 4.74 Å². The number of unbranched alkanes of at least 4 members (excludes halogenated alkanes) is 1. The third-order valence-electron chi connectivity index (χ3n) is 7.30. The number of hydrogen-bond acceptors (Lipinski definition) is 4. The Morgan fingerprint density at radius 1 is 0.929 bits per heavy atom. The number of benzene rings is 3. The third kappa shape index (κ3) is 8.85. The molecule has 1 aliphatic rings. The van der Waals surface area contributed by atoms with Crippen LogP contribution in [0, 0.1) is 17.6 Å². The molecule has 0 aliphatic heterocycles. The number of halogens is 2. The number of aliphatic carboxylic acids is 2. The minimum absolute atomic E-state index is 0.131. The van der Waals surface area contributed by atoms with Crippen LogP contribution in [0.3, 0.4) is 0 Å². The molecule has 0 aromatic heterocycles. The van der Waals surface area contributed by atoms with E-state index in [0.29, 0.717) is 38.0 Å². The first-order valence-corrected chi connectivity index (χ1v) is 14.1. The molecule has 1 atom stereocenters. The topological polar surface area (TPSA) is 87.1 Å². The Balaban J connectivity index is 1.37. The SMILES string of the molecule is O=C(O)CCCCN(CCc1ccccc1OCc1ccc(-c2cccc(F)c2F)cc1)CC1=CCC(C(=O)O)C=C1. The van der Waals surface area contributed by atoms with Crippen molar-refractivity contribution in [2.24, 2.45) is 5.92 Å². The van der Waals surface area contributed by atoms with Gasteiger partial charge in [0.1, 0.15) is 12.4 Å². The molecular weight excluding hydrogens is 540 g/mol. The van der Waals surface area contributed by atoms with Crippen molar-refractivity contribution in [2.75, 3.05) is 19.6 Å². The van der Waals surface area contributed by atoms with Crippen LogP contribution in [0.5, 0.6) is 5.75 Å². The van der Waals surface area contributed by atoms with Gasteiger partial charge in [-0.3, -0.25) is 14.5 Å². The van der Waals surface area contributed by atoms with Gasteiger partial charge in [0.05, 0.1) is 5.92 Å². The van der Waals surface area contributed by atoms with Gasteiger partial charge in [-0.25, -0.2) is 8.78 Å². The number of allylic oxidation sites excluding steroid dienone is 1. The Hall–Kier alpha value is -4.30. The van der Waals surface area contributed by atoms with E-state index in [2.05, 4.69) is 4.90 Å². The lowest BCUT2D eigenvalue weighted by Crippen LogP contribution is -2.30. The van der Waals surface area contributed by atoms with E-state index in [-0.39, 0.29) is 12.0 Å². The molecule has 6 nitrogen and oxygen atoms in total. The lowest BCUT2D eigenvalue weighted by molar-refractivity contribution is -0.140. The molecule has 0 fully saturated rings. The average molecular weight is 576 g/mol. The molecule has 0 bridgehead atoms. The van der Waals surface area contributed by atoms with E-state index < -0.39 is 29.5 Å². The molecule has 0 radical (unpaired) electrons. The Morgan fingerprint density at radius 2 is 1.71 bits per heavy atom. The Labute approximate surface area is 244 Å². The molecule has 0 saturated heterocycles. The van der Waals surface area contributed by atoms with Gasteiger partial charge in [-0.05, 0) is 66.6 Å². The van der Waals surface area contributed by atoms with Crippen molar-refractivity contribution >= 4 is 11.9 Å². The second-order valence-corrected chi connectivity index (χ2v) is 10.4. The molecule has 1 aliphatic carbocycles. The van der Waals surface area contributed by atoms with Crippen molar-refractivity contribution in [1.82, 2.24) is 4.90 Å². The van der Waals surface area contributed by atoms with E-state index in [4.69, 9.17) is 9.84 Å². The van der Waals surface area contributed by atoms with Gasteiger partial charge in [0.15, 0.2) is 11.6 Å². The van der Waals surface area contributed by atoms with Gasteiger partial charge in [-0.1, -0.05) is 72.8 Å². The molecule has 4 rings (SSSR count). The summed E-state index contributed by atoms with van der Waals surface area (Å²) in [6, 6.07) is 19.1. The van der Waals surface area contributed by atoms with Gasteiger partial charge < -0.3 is 14.9 Å². The third-order valence-corrected chi connectivity index (χ3v) is 7.30. The molecule has 220 valence electrons. The predicted molar refractivity (Wildman–Crippen MR) is 157 cm³/mol. The first-order chi connectivity index (χ1) is 20.3. The van der Waals surface area contributed by atoms with Gasteiger partial charge in [0.25, 0.3) is 0 Å². The van der Waals surface area contributed by atoms with E-state index in [1.807, 2.05) is 48.6 Å². The maximum Gasteiger partial charge on any atom is 0.310 e. The van der Waals surface area contributed by atoms with Crippen LogP contribution in [-0.2, 0) is 22.6 Å². The summed E-state index contributed by atoms with van der Waals surface area (Å²) >= 11 is 0. The fraction of sp³-hybridized carbons (Fsp3) is 0.294. The average Bonchev–Trinajstić information content (AvgIpc) is 2.99. The first-order valence-electron chi connectivity index (χ1n) is 14.1. The summed E-state index contributed by atoms with van der Waals surface area (Å²) in [5.74, 6) is -3.13. The largest absolute Gasteiger partial charge is 0.489 e. The maximum absolute atomic E-state index is 14.2. The normalized spacial score (nSPS) is 14.5. The molecule has 3 aromatic carbocycles. The van der Waals surface area contributed by atoms with Crippen molar-refractivity contribution < 1.29 is 33.3 Å². The molecule has 3 aromatic rings. The summed E-state index contributed by atoms with van der Waals surface area (Å²) in [5, 5.41) is 18.2. The van der Waals surface area contributed by atoms with Crippen molar-refractivity contribution in [2.45, 2.75) is 38.7 Å². The van der Waals surface area contributed by atoms with Crippen molar-refractivity contribution in [3.63, 3.8) is 0 Å². The maximum atomic E-state index is 14.2. The van der Waals surface area contributed by atoms with Crippen LogP contribution in [0.15, 0.2) is 90.5 Å². The lowest BCUT2D eigenvalue weighted by atomic mass is 9.96. The monoisotopic (exact) mass is 575 g/mol. The van der Waals surface area contributed by atoms with Crippen LogP contribution in [0.1, 0.15) is 36.8 Å². The van der Waals surface area contributed by atoms with Crippen molar-refractivity contribution in [1.29, 1.82) is 0 Å². The summed E-state index contributed by atoms with van der Waals surface area (Å²) in [4.78, 5) is 24.5. The van der Waals surface area contributed by atoms with E-state index in [1.165, 1.54) is 6.07 Å². The van der Waals surface area contributed by atoms with Crippen molar-refractivity contribution in [3.8, 4) is 16.9 Å². The minimum atomic E-state index is -0.880. The Morgan fingerprint density at radius 3 is 2.43 bits per heavy atom. The fourth-order valence-electron chi connectivity index (χ4n) is 4.90. The molecule has 42 heavy (non-hydrogen) atoms. The standard InChI is InChI=1S/C34H35F2NO5/c35-30-8-5-7-29(33(30)36)26-15-13-25(14-16-26)23-42-31-9-2-1-6-27(31)19-21-37(20-4-3-10-32(38)39)22-24-11-17-28(18-12-24)34(40)41/h1-2,5-9,11-17,28H,3-4,10,18-23H2,(H,38,39)(H,40,41). The number of ether oxygens (including phenoxy) is 1. The summed E-state index contributed by atoms with van der Waals surface area (Å²) in [7, 11) is 0. The quantitative estimate of drug-likeness (QED) is 0.192. The highest BCUT2D eigenvalue weighted by Crippen LogP contribution is 2.26. The molecule has 8 heteroatoms. The molecule has 0 amide bonds. The van der Waals surface area contributed by atoms with Crippen LogP contribution >= 0.6 is 0 Å². The van der Waals surface area contributed by atoms with Gasteiger partial charge in [0.2, 0.25) is 0 Å². The van der Waals surface area contributed by atoms with Crippen LogP contribution in [0.4, 0.5) is 8.78 Å². The number of hydrogen-bond donors (Lipinski definition) is 2. The number of carboxylic acids is 2. The second-order valence-electron chi connectivity index (χ2n) is 10.4. The van der Waals surface area contributed by atoms with Crippen molar-refractivity contribution in [3.05, 3.63) is 113 Å². The van der Waals surface area contributed by atoms with E-state index in [9.17, 15) is 23.5 Å². The van der Waals surface area contributed by atoms with Crippen LogP contribution in [0.2, 0.25) is 0 Å². The molecular formula is C34H35F2NO5. The molecule has 0 heterocycles. The highest BCUT2D eigenvalue weighted by Gasteiger charge is 2.17. The fourth-order valence-corrected chi connectivity index (χ4v) is 4.90.